The number of hydrogen-bond donors (Lipinski definition) is 3. The molecule has 1 aliphatic rings. The van der Waals surface area contributed by atoms with Gasteiger partial charge in [-0.1, -0.05) is 18.2 Å². The van der Waals surface area contributed by atoms with E-state index in [0.29, 0.717) is 13.1 Å². The van der Waals surface area contributed by atoms with E-state index in [-0.39, 0.29) is 24.6 Å². The summed E-state index contributed by atoms with van der Waals surface area (Å²) in [6.45, 7) is 2.69. The van der Waals surface area contributed by atoms with Crippen molar-refractivity contribution in [3.05, 3.63) is 42.2 Å². The normalized spacial score (nSPS) is 15.7. The fourth-order valence-electron chi connectivity index (χ4n) is 4.52. The lowest BCUT2D eigenvalue weighted by Gasteiger charge is -2.16. The molecular formula is C24H27N7O3. The average molecular weight is 462 g/mol. The number of rotatable bonds is 5. The van der Waals surface area contributed by atoms with E-state index in [4.69, 9.17) is 4.74 Å². The highest BCUT2D eigenvalue weighted by atomic mass is 16.6. The lowest BCUT2D eigenvalue weighted by Crippen LogP contribution is -2.37. The Hall–Kier alpha value is -4.08. The summed E-state index contributed by atoms with van der Waals surface area (Å²) in [5, 5.41) is 6.96. The summed E-state index contributed by atoms with van der Waals surface area (Å²) >= 11 is 0. The maximum absolute atomic E-state index is 12.5. The van der Waals surface area contributed by atoms with Crippen molar-refractivity contribution in [3.63, 3.8) is 0 Å². The Morgan fingerprint density at radius 2 is 2.15 bits per heavy atom. The molecule has 5 rings (SSSR count). The highest BCUT2D eigenvalue weighted by molar-refractivity contribution is 6.07. The summed E-state index contributed by atoms with van der Waals surface area (Å²) in [5.74, 6) is 0.635. The van der Waals surface area contributed by atoms with Gasteiger partial charge in [0.05, 0.1) is 11.8 Å². The topological polar surface area (TPSA) is 117 Å². The van der Waals surface area contributed by atoms with Crippen LogP contribution in [0.15, 0.2) is 36.7 Å². The molecule has 3 N–H and O–H groups in total. The van der Waals surface area contributed by atoms with E-state index < -0.39 is 0 Å². The van der Waals surface area contributed by atoms with E-state index in [1.54, 1.807) is 11.2 Å². The van der Waals surface area contributed by atoms with Gasteiger partial charge in [0.25, 0.3) is 0 Å². The van der Waals surface area contributed by atoms with Crippen LogP contribution in [0, 0.1) is 0 Å². The number of H-pyrrole nitrogens is 1. The van der Waals surface area contributed by atoms with Gasteiger partial charge in [-0.05, 0) is 29.7 Å². The molecule has 4 aromatic rings. The second-order valence-electron chi connectivity index (χ2n) is 8.60. The van der Waals surface area contributed by atoms with E-state index in [0.717, 1.165) is 51.1 Å². The number of imidazole rings is 1. The van der Waals surface area contributed by atoms with Crippen LogP contribution in [-0.2, 0) is 23.2 Å². The first-order valence-corrected chi connectivity index (χ1v) is 11.2. The summed E-state index contributed by atoms with van der Waals surface area (Å²) in [4.78, 5) is 37.9. The van der Waals surface area contributed by atoms with Crippen LogP contribution in [0.2, 0.25) is 0 Å². The molecule has 34 heavy (non-hydrogen) atoms. The molecule has 1 aliphatic heterocycles. The Labute approximate surface area is 196 Å². The molecule has 0 aliphatic carbocycles. The minimum absolute atomic E-state index is 0.0154. The van der Waals surface area contributed by atoms with E-state index >= 15 is 0 Å². The van der Waals surface area contributed by atoms with Crippen LogP contribution in [0.1, 0.15) is 18.9 Å². The van der Waals surface area contributed by atoms with E-state index in [2.05, 4.69) is 31.7 Å². The monoisotopic (exact) mass is 461 g/mol. The third-order valence-corrected chi connectivity index (χ3v) is 6.13. The summed E-state index contributed by atoms with van der Waals surface area (Å²) in [6, 6.07) is 9.94. The highest BCUT2D eigenvalue weighted by Crippen LogP contribution is 2.31. The molecule has 0 saturated carbocycles. The Morgan fingerprint density at radius 3 is 2.94 bits per heavy atom. The average Bonchev–Trinajstić information content (AvgIpc) is 3.55. The van der Waals surface area contributed by atoms with E-state index in [1.807, 2.05) is 42.9 Å². The fourth-order valence-corrected chi connectivity index (χ4v) is 4.52. The molecule has 3 aromatic heterocycles. The van der Waals surface area contributed by atoms with Gasteiger partial charge in [0.1, 0.15) is 17.8 Å². The van der Waals surface area contributed by atoms with Crippen molar-refractivity contribution in [1.82, 2.24) is 29.7 Å². The van der Waals surface area contributed by atoms with Crippen molar-refractivity contribution < 1.29 is 14.3 Å². The van der Waals surface area contributed by atoms with Gasteiger partial charge in [-0.2, -0.15) is 0 Å². The highest BCUT2D eigenvalue weighted by Gasteiger charge is 2.27. The minimum atomic E-state index is -0.369. The van der Waals surface area contributed by atoms with Crippen LogP contribution in [0.3, 0.4) is 0 Å². The molecular weight excluding hydrogens is 434 g/mol. The molecule has 0 bridgehead atoms. The van der Waals surface area contributed by atoms with Crippen molar-refractivity contribution in [2.75, 3.05) is 25.5 Å². The number of carbonyl (C=O) groups excluding carboxylic acids is 2. The number of nitrogens with zero attached hydrogens (tertiary/aromatic N) is 4. The first kappa shape index (κ1) is 21.7. The maximum Gasteiger partial charge on any atom is 0.410 e. The van der Waals surface area contributed by atoms with Crippen molar-refractivity contribution in [2.24, 2.45) is 7.05 Å². The Kier molecular flexibility index (Phi) is 5.56. The smallest absolute Gasteiger partial charge is 0.410 e. The first-order chi connectivity index (χ1) is 16.4. The number of carbonyl (C=O) groups is 2. The minimum Gasteiger partial charge on any atom is -0.445 e. The SMILES string of the molecule is CNc1nc2[nH]c(-c3cccc(COC(=O)N4CC[C@H](NC(C)=O)C4)c3)cc2c2c1ncn2C. The van der Waals surface area contributed by atoms with Gasteiger partial charge in [0.2, 0.25) is 5.91 Å². The summed E-state index contributed by atoms with van der Waals surface area (Å²) < 4.78 is 7.53. The molecule has 1 aromatic carbocycles. The van der Waals surface area contributed by atoms with Crippen molar-refractivity contribution in [1.29, 1.82) is 0 Å². The molecule has 2 amide bonds. The number of pyridine rings is 1. The van der Waals surface area contributed by atoms with E-state index in [9.17, 15) is 9.59 Å². The number of benzene rings is 1. The van der Waals surface area contributed by atoms with Crippen LogP contribution in [0.4, 0.5) is 10.6 Å². The van der Waals surface area contributed by atoms with Crippen LogP contribution in [0.25, 0.3) is 33.3 Å². The number of likely N-dealkylation sites (tertiary alicyclic amines) is 1. The molecule has 10 nitrogen and oxygen atoms in total. The number of anilines is 1. The summed E-state index contributed by atoms with van der Waals surface area (Å²) in [5.41, 5.74) is 5.38. The van der Waals surface area contributed by atoms with Gasteiger partial charge in [0, 0.05) is 51.2 Å². The molecule has 0 radical (unpaired) electrons. The van der Waals surface area contributed by atoms with Crippen LogP contribution >= 0.6 is 0 Å². The van der Waals surface area contributed by atoms with Crippen molar-refractivity contribution in [3.8, 4) is 11.3 Å². The molecule has 1 fully saturated rings. The predicted octanol–water partition coefficient (Wildman–Crippen LogP) is 3.01. The molecule has 0 unspecified atom stereocenters. The number of aryl methyl sites for hydroxylation is 1. The van der Waals surface area contributed by atoms with Gasteiger partial charge in [0.15, 0.2) is 5.82 Å². The lowest BCUT2D eigenvalue weighted by atomic mass is 10.1. The molecule has 1 saturated heterocycles. The third kappa shape index (κ3) is 4.02. The van der Waals surface area contributed by atoms with Crippen molar-refractivity contribution in [2.45, 2.75) is 26.0 Å². The Morgan fingerprint density at radius 1 is 1.29 bits per heavy atom. The quantitative estimate of drug-likeness (QED) is 0.421. The molecule has 4 heterocycles. The second kappa shape index (κ2) is 8.69. The first-order valence-electron chi connectivity index (χ1n) is 11.2. The zero-order chi connectivity index (χ0) is 23.8. The van der Waals surface area contributed by atoms with Gasteiger partial charge in [-0.25, -0.2) is 14.8 Å². The van der Waals surface area contributed by atoms with Gasteiger partial charge >= 0.3 is 6.09 Å². The van der Waals surface area contributed by atoms with Crippen LogP contribution < -0.4 is 10.6 Å². The van der Waals surface area contributed by atoms with Gasteiger partial charge in [-0.15, -0.1) is 0 Å². The number of amides is 2. The fraction of sp³-hybridized carbons (Fsp3) is 0.333. The standard InChI is InChI=1S/C24H27N7O3/c1-14(32)27-17-7-8-31(11-17)24(33)34-12-15-5-4-6-16(9-15)19-10-18-21-20(26-13-30(21)3)23(25-2)29-22(18)28-19/h4-6,9-10,13,17H,7-8,11-12H2,1-3H3,(H,27,32)(H2,25,28,29)/t17-/m0/s1. The molecule has 176 valence electrons. The van der Waals surface area contributed by atoms with E-state index in [1.165, 1.54) is 6.92 Å². The summed E-state index contributed by atoms with van der Waals surface area (Å²) in [6.07, 6.45) is 2.15. The largest absolute Gasteiger partial charge is 0.445 e. The maximum atomic E-state index is 12.5. The number of aromatic nitrogens is 4. The van der Waals surface area contributed by atoms with Gasteiger partial charge < -0.3 is 29.8 Å². The number of nitrogens with one attached hydrogen (secondary N) is 3. The molecule has 10 heteroatoms. The molecule has 0 spiro atoms. The number of aromatic amines is 1. The Balaban J connectivity index is 1.33. The van der Waals surface area contributed by atoms with Crippen molar-refractivity contribution >= 4 is 39.9 Å². The number of ether oxygens (including phenoxy) is 1. The zero-order valence-corrected chi connectivity index (χ0v) is 19.4. The lowest BCUT2D eigenvalue weighted by molar-refractivity contribution is -0.119. The van der Waals surface area contributed by atoms with Gasteiger partial charge in [-0.3, -0.25) is 4.79 Å². The third-order valence-electron chi connectivity index (χ3n) is 6.13. The summed E-state index contributed by atoms with van der Waals surface area (Å²) in [7, 11) is 3.80. The van der Waals surface area contributed by atoms with Crippen LogP contribution in [0.5, 0.6) is 0 Å². The molecule has 1 atom stereocenters. The predicted molar refractivity (Wildman–Crippen MR) is 129 cm³/mol. The number of fused-ring (bicyclic) bond motifs is 3. The zero-order valence-electron chi connectivity index (χ0n) is 19.4. The Bertz CT molecular complexity index is 1390. The second-order valence-corrected chi connectivity index (χ2v) is 8.60. The number of hydrogen-bond acceptors (Lipinski definition) is 6. The van der Waals surface area contributed by atoms with Crippen LogP contribution in [-0.4, -0.2) is 62.6 Å².